The van der Waals surface area contributed by atoms with E-state index < -0.39 is 6.61 Å². The number of alkyl halides is 2. The zero-order valence-electron chi connectivity index (χ0n) is 17.6. The number of halogens is 3. The maximum absolute atomic E-state index is 12.8. The molecule has 0 fully saturated rings. The van der Waals surface area contributed by atoms with Crippen LogP contribution in [0.15, 0.2) is 41.4 Å². The molecule has 3 rings (SSSR count). The first kappa shape index (κ1) is 25.4. The number of hydrogen-bond acceptors (Lipinski definition) is 5. The van der Waals surface area contributed by atoms with Crippen LogP contribution in [0.25, 0.3) is 0 Å². The quantitative estimate of drug-likeness (QED) is 0.257. The van der Waals surface area contributed by atoms with Gasteiger partial charge in [0.2, 0.25) is 12.7 Å². The molecule has 1 aliphatic rings. The summed E-state index contributed by atoms with van der Waals surface area (Å²) in [5.74, 6) is 1.18. The maximum Gasteiger partial charge on any atom is 0.387 e. The summed E-state index contributed by atoms with van der Waals surface area (Å²) in [5.41, 5.74) is 2.06. The molecule has 0 aliphatic carbocycles. The van der Waals surface area contributed by atoms with Crippen LogP contribution < -0.4 is 30.2 Å². The molecule has 0 saturated carbocycles. The van der Waals surface area contributed by atoms with Crippen molar-refractivity contribution >= 4 is 41.5 Å². The molecule has 3 N–H and O–H groups in total. The maximum atomic E-state index is 12.8. The highest BCUT2D eigenvalue weighted by Gasteiger charge is 2.20. The first-order valence-electron chi connectivity index (χ1n) is 9.70. The smallest absolute Gasteiger partial charge is 0.387 e. The molecule has 11 heteroatoms. The summed E-state index contributed by atoms with van der Waals surface area (Å²) in [7, 11) is 0. The summed E-state index contributed by atoms with van der Waals surface area (Å²) in [6.07, 6.45) is 0. The number of nitrogens with one attached hydrogen (secondary N) is 3. The zero-order valence-corrected chi connectivity index (χ0v) is 19.9. The van der Waals surface area contributed by atoms with Gasteiger partial charge < -0.3 is 30.2 Å². The summed E-state index contributed by atoms with van der Waals surface area (Å²) in [5, 5.41) is 8.94. The molecule has 0 spiro atoms. The fraction of sp³-hybridized carbons (Fsp3) is 0.333. The zero-order chi connectivity index (χ0) is 22.2. The van der Waals surface area contributed by atoms with Crippen LogP contribution in [0.2, 0.25) is 0 Å². The first-order chi connectivity index (χ1) is 14.9. The number of benzene rings is 2. The summed E-state index contributed by atoms with van der Waals surface area (Å²) in [6, 6.07) is 10.3. The van der Waals surface area contributed by atoms with Gasteiger partial charge in [-0.05, 0) is 30.7 Å². The number of carbonyl (C=O) groups is 1. The minimum Gasteiger partial charge on any atom is -0.454 e. The van der Waals surface area contributed by atoms with Gasteiger partial charge in [0.05, 0.1) is 6.54 Å². The Bertz CT molecular complexity index is 959. The molecule has 0 saturated heterocycles. The molecular weight excluding hydrogens is 537 g/mol. The van der Waals surface area contributed by atoms with Crippen molar-refractivity contribution in [3.05, 3.63) is 47.5 Å². The van der Waals surface area contributed by atoms with Gasteiger partial charge in [-0.1, -0.05) is 12.1 Å². The second-order valence-corrected chi connectivity index (χ2v) is 6.62. The molecule has 32 heavy (non-hydrogen) atoms. The topological polar surface area (TPSA) is 93.2 Å². The van der Waals surface area contributed by atoms with Gasteiger partial charge in [-0.3, -0.25) is 4.79 Å². The molecule has 0 radical (unpaired) electrons. The third kappa shape index (κ3) is 7.39. The van der Waals surface area contributed by atoms with E-state index >= 15 is 0 Å². The van der Waals surface area contributed by atoms with Crippen molar-refractivity contribution in [1.82, 2.24) is 10.6 Å². The fourth-order valence-electron chi connectivity index (χ4n) is 2.95. The van der Waals surface area contributed by atoms with Crippen molar-refractivity contribution in [2.75, 3.05) is 18.7 Å². The number of hydrogen-bond donors (Lipinski definition) is 3. The fourth-order valence-corrected chi connectivity index (χ4v) is 2.95. The van der Waals surface area contributed by atoms with E-state index in [0.717, 1.165) is 5.56 Å². The van der Waals surface area contributed by atoms with E-state index in [2.05, 4.69) is 25.7 Å². The highest BCUT2D eigenvalue weighted by Crippen LogP contribution is 2.38. The van der Waals surface area contributed by atoms with Crippen LogP contribution in [0.3, 0.4) is 0 Å². The lowest BCUT2D eigenvalue weighted by molar-refractivity contribution is -0.114. The van der Waals surface area contributed by atoms with Crippen LogP contribution in [-0.4, -0.2) is 31.8 Å². The Balaban J connectivity index is 0.00000363. The highest BCUT2D eigenvalue weighted by molar-refractivity contribution is 14.0. The van der Waals surface area contributed by atoms with Crippen LogP contribution in [0.4, 0.5) is 14.5 Å². The van der Waals surface area contributed by atoms with E-state index in [-0.39, 0.29) is 49.0 Å². The molecule has 0 atom stereocenters. The van der Waals surface area contributed by atoms with Gasteiger partial charge in [0.15, 0.2) is 17.5 Å². The number of carbonyl (C=O) groups excluding carboxylic acids is 1. The largest absolute Gasteiger partial charge is 0.454 e. The summed E-state index contributed by atoms with van der Waals surface area (Å²) >= 11 is 0. The molecule has 174 valence electrons. The molecule has 1 amide bonds. The SMILES string of the molecule is CCNC(=NCc1cccc(NC(C)=O)c1)NCc1cc2c(cc1OC(F)F)OCO2.I. The Morgan fingerprint density at radius 1 is 1.19 bits per heavy atom. The van der Waals surface area contributed by atoms with Crippen molar-refractivity contribution in [2.45, 2.75) is 33.5 Å². The van der Waals surface area contributed by atoms with E-state index in [4.69, 9.17) is 9.47 Å². The van der Waals surface area contributed by atoms with Crippen LogP contribution in [0.5, 0.6) is 17.2 Å². The van der Waals surface area contributed by atoms with Crippen molar-refractivity contribution in [2.24, 2.45) is 4.99 Å². The van der Waals surface area contributed by atoms with Gasteiger partial charge in [0.1, 0.15) is 5.75 Å². The summed E-state index contributed by atoms with van der Waals surface area (Å²) < 4.78 is 40.8. The first-order valence-corrected chi connectivity index (χ1v) is 9.70. The minimum atomic E-state index is -2.96. The molecule has 2 aromatic rings. The Hall–Kier alpha value is -2.83. The Kier molecular flexibility index (Phi) is 9.75. The van der Waals surface area contributed by atoms with Gasteiger partial charge in [0, 0.05) is 37.3 Å². The molecule has 2 aromatic carbocycles. The lowest BCUT2D eigenvalue weighted by atomic mass is 10.1. The molecular formula is C21H25F2IN4O4. The number of aliphatic imine (C=N–C) groups is 1. The number of amides is 1. The molecule has 0 bridgehead atoms. The van der Waals surface area contributed by atoms with Gasteiger partial charge in [-0.25, -0.2) is 4.99 Å². The van der Waals surface area contributed by atoms with Crippen molar-refractivity contribution in [1.29, 1.82) is 0 Å². The van der Waals surface area contributed by atoms with Crippen molar-refractivity contribution in [3.63, 3.8) is 0 Å². The van der Waals surface area contributed by atoms with Gasteiger partial charge >= 0.3 is 6.61 Å². The lowest BCUT2D eigenvalue weighted by Crippen LogP contribution is -2.36. The highest BCUT2D eigenvalue weighted by atomic mass is 127. The van der Waals surface area contributed by atoms with Gasteiger partial charge in [0.25, 0.3) is 0 Å². The number of guanidine groups is 1. The lowest BCUT2D eigenvalue weighted by Gasteiger charge is -2.15. The molecule has 0 unspecified atom stereocenters. The van der Waals surface area contributed by atoms with E-state index in [9.17, 15) is 13.6 Å². The number of anilines is 1. The predicted octanol–water partition coefficient (Wildman–Crippen LogP) is 3.85. The van der Waals surface area contributed by atoms with Crippen LogP contribution >= 0.6 is 24.0 Å². The number of rotatable bonds is 8. The third-order valence-corrected chi connectivity index (χ3v) is 4.23. The molecule has 8 nitrogen and oxygen atoms in total. The van der Waals surface area contributed by atoms with Crippen LogP contribution in [0.1, 0.15) is 25.0 Å². The van der Waals surface area contributed by atoms with Crippen molar-refractivity contribution < 1.29 is 27.8 Å². The summed E-state index contributed by atoms with van der Waals surface area (Å²) in [6.45, 7) is 1.57. The van der Waals surface area contributed by atoms with Crippen LogP contribution in [-0.2, 0) is 17.9 Å². The Labute approximate surface area is 201 Å². The normalized spacial score (nSPS) is 12.2. The molecule has 0 aromatic heterocycles. The standard InChI is InChI=1S/C21H24F2N4O4.HI/c1-3-24-21(25-10-14-5-4-6-16(7-14)27-13(2)28)26-11-15-8-18-19(30-12-29-18)9-17(15)31-20(22)23;/h4-9,20H,3,10-12H2,1-2H3,(H,27,28)(H2,24,25,26);1H. The number of nitrogens with zero attached hydrogens (tertiary/aromatic N) is 1. The second kappa shape index (κ2) is 12.3. The second-order valence-electron chi connectivity index (χ2n) is 6.62. The van der Waals surface area contributed by atoms with E-state index in [1.54, 1.807) is 12.1 Å². The number of fused-ring (bicyclic) bond motifs is 1. The van der Waals surface area contributed by atoms with E-state index in [0.29, 0.717) is 41.8 Å². The van der Waals surface area contributed by atoms with E-state index in [1.807, 2.05) is 25.1 Å². The Morgan fingerprint density at radius 2 is 1.94 bits per heavy atom. The Morgan fingerprint density at radius 3 is 2.62 bits per heavy atom. The average molecular weight is 562 g/mol. The average Bonchev–Trinajstić information content (AvgIpc) is 3.16. The van der Waals surface area contributed by atoms with Crippen molar-refractivity contribution in [3.8, 4) is 17.2 Å². The van der Waals surface area contributed by atoms with Crippen LogP contribution in [0, 0.1) is 0 Å². The third-order valence-electron chi connectivity index (χ3n) is 4.23. The minimum absolute atomic E-state index is 0. The van der Waals surface area contributed by atoms with Gasteiger partial charge in [-0.15, -0.1) is 24.0 Å². The van der Waals surface area contributed by atoms with Gasteiger partial charge in [-0.2, -0.15) is 8.78 Å². The monoisotopic (exact) mass is 562 g/mol. The summed E-state index contributed by atoms with van der Waals surface area (Å²) in [4.78, 5) is 15.7. The number of ether oxygens (including phenoxy) is 3. The van der Waals surface area contributed by atoms with E-state index in [1.165, 1.54) is 13.0 Å². The predicted molar refractivity (Wildman–Crippen MR) is 127 cm³/mol. The molecule has 1 heterocycles. The molecule has 1 aliphatic heterocycles.